The van der Waals surface area contributed by atoms with Crippen molar-refractivity contribution in [2.45, 2.75) is 70.1 Å². The smallest absolute Gasteiger partial charge is 0.407 e. The van der Waals surface area contributed by atoms with Crippen LogP contribution in [-0.4, -0.2) is 72.4 Å². The van der Waals surface area contributed by atoms with Crippen LogP contribution < -0.4 is 15.4 Å². The molecule has 250 valence electrons. The van der Waals surface area contributed by atoms with Gasteiger partial charge in [-0.3, -0.25) is 14.9 Å². The molecule has 0 aliphatic carbocycles. The highest BCUT2D eigenvalue weighted by atomic mass is 16.7. The summed E-state index contributed by atoms with van der Waals surface area (Å²) in [5.41, 5.74) is 2.90. The number of alkyl carbamates (subject to hydrolysis) is 1. The van der Waals surface area contributed by atoms with Crippen molar-refractivity contribution in [2.75, 3.05) is 19.8 Å². The molecule has 0 spiro atoms. The lowest BCUT2D eigenvalue weighted by atomic mass is 9.93. The molecular weight excluding hydrogens is 606 g/mol. The largest absolute Gasteiger partial charge is 0.483 e. The molecule has 2 fully saturated rings. The van der Waals surface area contributed by atoms with E-state index in [9.17, 15) is 24.8 Å². The van der Waals surface area contributed by atoms with Gasteiger partial charge in [-0.1, -0.05) is 60.7 Å². The van der Waals surface area contributed by atoms with E-state index in [4.69, 9.17) is 18.9 Å². The molecule has 6 atom stereocenters. The molecule has 0 radical (unpaired) electrons. The van der Waals surface area contributed by atoms with Gasteiger partial charge in [0.05, 0.1) is 36.2 Å². The third kappa shape index (κ3) is 9.28. The number of nitro groups is 1. The highest BCUT2D eigenvalue weighted by molar-refractivity contribution is 5.78. The summed E-state index contributed by atoms with van der Waals surface area (Å²) in [7, 11) is 0. The second kappa shape index (κ2) is 15.9. The summed E-state index contributed by atoms with van der Waals surface area (Å²) < 4.78 is 22.7. The fraction of sp³-hybridized carbons (Fsp3) is 0.429. The van der Waals surface area contributed by atoms with Crippen LogP contribution in [-0.2, 0) is 31.8 Å². The number of fused-ring (bicyclic) bond motifs is 1. The molecule has 0 aromatic heterocycles. The Morgan fingerprint density at radius 1 is 0.979 bits per heavy atom. The zero-order valence-corrected chi connectivity index (χ0v) is 26.5. The molecule has 5 rings (SSSR count). The van der Waals surface area contributed by atoms with Crippen molar-refractivity contribution in [2.24, 2.45) is 5.92 Å². The number of aliphatic hydroxyl groups is 1. The number of carbonyl (C=O) groups excluding carboxylic acids is 2. The van der Waals surface area contributed by atoms with Crippen LogP contribution in [0.4, 0.5) is 10.5 Å². The lowest BCUT2D eigenvalue weighted by Gasteiger charge is -2.29. The number of hydrogen-bond donors (Lipinski definition) is 3. The topological polar surface area (TPSA) is 158 Å². The predicted octanol–water partition coefficient (Wildman–Crippen LogP) is 4.17. The van der Waals surface area contributed by atoms with Crippen molar-refractivity contribution >= 4 is 17.7 Å². The molecule has 3 N–H and O–H groups in total. The molecule has 47 heavy (non-hydrogen) atoms. The van der Waals surface area contributed by atoms with Crippen LogP contribution in [0.1, 0.15) is 35.1 Å². The highest BCUT2D eigenvalue weighted by Crippen LogP contribution is 2.33. The summed E-state index contributed by atoms with van der Waals surface area (Å²) in [5.74, 6) is -0.0412. The van der Waals surface area contributed by atoms with Crippen LogP contribution >= 0.6 is 0 Å². The molecule has 3 aromatic rings. The van der Waals surface area contributed by atoms with Crippen LogP contribution in [0.5, 0.6) is 5.75 Å². The van der Waals surface area contributed by atoms with E-state index in [0.717, 1.165) is 17.5 Å². The van der Waals surface area contributed by atoms with Gasteiger partial charge < -0.3 is 34.7 Å². The summed E-state index contributed by atoms with van der Waals surface area (Å²) in [6, 6.07) is 20.6. The lowest BCUT2D eigenvalue weighted by Crippen LogP contribution is -2.50. The zero-order chi connectivity index (χ0) is 33.3. The zero-order valence-electron chi connectivity index (χ0n) is 26.5. The number of amides is 2. The van der Waals surface area contributed by atoms with E-state index < -0.39 is 41.2 Å². The van der Waals surface area contributed by atoms with Gasteiger partial charge in [-0.25, -0.2) is 4.79 Å². The molecule has 0 bridgehead atoms. The van der Waals surface area contributed by atoms with E-state index in [0.29, 0.717) is 36.3 Å². The first-order valence-electron chi connectivity index (χ1n) is 15.8. The van der Waals surface area contributed by atoms with Crippen LogP contribution in [0, 0.1) is 29.9 Å². The van der Waals surface area contributed by atoms with E-state index >= 15 is 0 Å². The molecule has 3 aromatic carbocycles. The third-order valence-electron chi connectivity index (χ3n) is 8.53. The van der Waals surface area contributed by atoms with Gasteiger partial charge in [0.15, 0.2) is 12.9 Å². The number of rotatable bonds is 14. The molecule has 2 amide bonds. The van der Waals surface area contributed by atoms with Gasteiger partial charge in [-0.05, 0) is 61.8 Å². The molecular formula is C35H41N3O9. The number of nitrogens with zero attached hydrogens (tertiary/aromatic N) is 1. The molecule has 2 aliphatic rings. The average molecular weight is 648 g/mol. The van der Waals surface area contributed by atoms with E-state index in [1.807, 2.05) is 60.7 Å². The first-order chi connectivity index (χ1) is 22.7. The second-order valence-electron chi connectivity index (χ2n) is 12.1. The summed E-state index contributed by atoms with van der Waals surface area (Å²) >= 11 is 0. The Morgan fingerprint density at radius 2 is 1.62 bits per heavy atom. The second-order valence-corrected chi connectivity index (χ2v) is 12.1. The Balaban J connectivity index is 1.27. The summed E-state index contributed by atoms with van der Waals surface area (Å²) in [6.45, 7) is 3.85. The maximum Gasteiger partial charge on any atom is 0.407 e. The molecule has 2 heterocycles. The SMILES string of the molecule is Cc1cc([N+](=O)[O-])cc(C)c1OCC(=O)N[C@@H](Cc1ccccc1)C[C@H](O)[C@H](Cc1ccccc1)NC(=O)O[C@@H]1CO[C@H]2OCC[C@H]21. The van der Waals surface area contributed by atoms with Gasteiger partial charge in [-0.15, -0.1) is 0 Å². The monoisotopic (exact) mass is 647 g/mol. The van der Waals surface area contributed by atoms with Crippen molar-refractivity contribution < 1.29 is 38.6 Å². The minimum atomic E-state index is -1.06. The minimum Gasteiger partial charge on any atom is -0.483 e. The summed E-state index contributed by atoms with van der Waals surface area (Å²) in [4.78, 5) is 37.0. The number of hydrogen-bond acceptors (Lipinski definition) is 9. The molecule has 12 heteroatoms. The van der Waals surface area contributed by atoms with Crippen molar-refractivity contribution in [3.63, 3.8) is 0 Å². The van der Waals surface area contributed by atoms with Gasteiger partial charge in [-0.2, -0.15) is 0 Å². The number of non-ortho nitro benzene ring substituents is 1. The number of benzene rings is 3. The Kier molecular flexibility index (Phi) is 11.4. The maximum absolute atomic E-state index is 13.2. The van der Waals surface area contributed by atoms with Crippen molar-refractivity contribution in [1.29, 1.82) is 0 Å². The number of ether oxygens (including phenoxy) is 4. The van der Waals surface area contributed by atoms with Gasteiger partial charge in [0.25, 0.3) is 11.6 Å². The fourth-order valence-electron chi connectivity index (χ4n) is 6.24. The van der Waals surface area contributed by atoms with Gasteiger partial charge in [0.2, 0.25) is 0 Å². The van der Waals surface area contributed by atoms with Crippen LogP contribution in [0.2, 0.25) is 0 Å². The standard InChI is InChI=1S/C35H41N3O9/c1-22-15-27(38(42)43)16-23(2)33(22)45-21-32(40)36-26(17-24-9-5-3-6-10-24)19-30(39)29(18-25-11-7-4-8-12-25)37-35(41)47-31-20-46-34-28(31)13-14-44-34/h3-12,15-16,26,28-31,34,39H,13-14,17-21H2,1-2H3,(H,36,40)(H,37,41)/t26-,28-,29-,30-,31+,34+/m0/s1. The third-order valence-corrected chi connectivity index (χ3v) is 8.53. The van der Waals surface area contributed by atoms with Crippen molar-refractivity contribution in [1.82, 2.24) is 10.6 Å². The molecule has 0 unspecified atom stereocenters. The van der Waals surface area contributed by atoms with Crippen LogP contribution in [0.25, 0.3) is 0 Å². The number of aryl methyl sites for hydroxylation is 2. The van der Waals surface area contributed by atoms with E-state index in [-0.39, 0.29) is 37.5 Å². The maximum atomic E-state index is 13.2. The Bertz CT molecular complexity index is 1500. The average Bonchev–Trinajstić information content (AvgIpc) is 3.66. The highest BCUT2D eigenvalue weighted by Gasteiger charge is 2.44. The fourth-order valence-corrected chi connectivity index (χ4v) is 6.24. The number of carbonyl (C=O) groups is 2. The van der Waals surface area contributed by atoms with Gasteiger partial charge in [0.1, 0.15) is 11.9 Å². The molecule has 2 saturated heterocycles. The normalized spacial score (nSPS) is 20.4. The number of aliphatic hydroxyl groups excluding tert-OH is 1. The molecule has 12 nitrogen and oxygen atoms in total. The van der Waals surface area contributed by atoms with Crippen LogP contribution in [0.3, 0.4) is 0 Å². The van der Waals surface area contributed by atoms with E-state index in [1.54, 1.807) is 13.8 Å². The van der Waals surface area contributed by atoms with Crippen LogP contribution in [0.15, 0.2) is 72.8 Å². The quantitative estimate of drug-likeness (QED) is 0.173. The first kappa shape index (κ1) is 33.8. The van der Waals surface area contributed by atoms with Crippen molar-refractivity contribution in [3.8, 4) is 5.75 Å². The van der Waals surface area contributed by atoms with E-state index in [2.05, 4.69) is 10.6 Å². The Morgan fingerprint density at radius 3 is 2.26 bits per heavy atom. The van der Waals surface area contributed by atoms with Crippen molar-refractivity contribution in [3.05, 3.63) is 105 Å². The molecule has 2 aliphatic heterocycles. The summed E-state index contributed by atoms with van der Waals surface area (Å²) in [6.07, 6.45) is -0.892. The lowest BCUT2D eigenvalue weighted by molar-refractivity contribution is -0.385. The first-order valence-corrected chi connectivity index (χ1v) is 15.8. The predicted molar refractivity (Wildman–Crippen MR) is 172 cm³/mol. The summed E-state index contributed by atoms with van der Waals surface area (Å²) in [5, 5.41) is 28.7. The van der Waals surface area contributed by atoms with Gasteiger partial charge >= 0.3 is 6.09 Å². The number of nitrogens with one attached hydrogen (secondary N) is 2. The number of nitro benzene ring substituents is 1. The molecule has 0 saturated carbocycles. The van der Waals surface area contributed by atoms with E-state index in [1.165, 1.54) is 12.1 Å². The Hall–Kier alpha value is -4.52. The minimum absolute atomic E-state index is 0.0236. The van der Waals surface area contributed by atoms with Gasteiger partial charge in [0, 0.05) is 18.2 Å². The Labute approximate surface area is 273 Å².